The summed E-state index contributed by atoms with van der Waals surface area (Å²) in [5.41, 5.74) is 1.34. The van der Waals surface area contributed by atoms with Gasteiger partial charge in [-0.1, -0.05) is 0 Å². The number of halogens is 2. The Morgan fingerprint density at radius 2 is 2.35 bits per heavy atom. The van der Waals surface area contributed by atoms with Crippen LogP contribution < -0.4 is 5.32 Å². The van der Waals surface area contributed by atoms with E-state index in [2.05, 4.69) is 21.2 Å². The molecule has 1 saturated heterocycles. The van der Waals surface area contributed by atoms with Crippen LogP contribution in [0.1, 0.15) is 12.0 Å². The molecule has 2 rings (SSSR count). The van der Waals surface area contributed by atoms with E-state index in [-0.39, 0.29) is 17.6 Å². The first-order chi connectivity index (χ1) is 8.08. The van der Waals surface area contributed by atoms with Gasteiger partial charge in [0.05, 0.1) is 17.0 Å². The predicted octanol–water partition coefficient (Wildman–Crippen LogP) is 2.87. The van der Waals surface area contributed by atoms with E-state index in [9.17, 15) is 9.18 Å². The van der Waals surface area contributed by atoms with Gasteiger partial charge in [0.15, 0.2) is 0 Å². The highest BCUT2D eigenvalue weighted by Gasteiger charge is 2.24. The van der Waals surface area contributed by atoms with Crippen molar-refractivity contribution in [3.8, 4) is 0 Å². The number of nitrogens with one attached hydrogen (secondary N) is 1. The third-order valence-corrected chi connectivity index (χ3v) is 3.43. The lowest BCUT2D eigenvalue weighted by atomic mass is 10.1. The lowest BCUT2D eigenvalue weighted by molar-refractivity contribution is -0.119. The first-order valence-electron chi connectivity index (χ1n) is 5.42. The van der Waals surface area contributed by atoms with Crippen molar-refractivity contribution < 1.29 is 13.9 Å². The van der Waals surface area contributed by atoms with Gasteiger partial charge in [0.25, 0.3) is 0 Å². The first kappa shape index (κ1) is 12.5. The molecule has 5 heteroatoms. The highest BCUT2D eigenvalue weighted by atomic mass is 79.9. The molecular formula is C12H13BrFNO2. The van der Waals surface area contributed by atoms with Gasteiger partial charge in [0.2, 0.25) is 5.91 Å². The molecule has 0 unspecified atom stereocenters. The second-order valence-electron chi connectivity index (χ2n) is 4.13. The minimum atomic E-state index is -0.329. The zero-order valence-corrected chi connectivity index (χ0v) is 11.0. The third-order valence-electron chi connectivity index (χ3n) is 2.83. The molecule has 0 aromatic heterocycles. The molecule has 1 aromatic rings. The summed E-state index contributed by atoms with van der Waals surface area (Å²) < 4.78 is 18.7. The Morgan fingerprint density at radius 1 is 1.59 bits per heavy atom. The number of ether oxygens (including phenoxy) is 1. The number of benzene rings is 1. The molecule has 0 aliphatic carbocycles. The lowest BCUT2D eigenvalue weighted by Crippen LogP contribution is -2.23. The summed E-state index contributed by atoms with van der Waals surface area (Å²) >= 11 is 3.10. The Bertz CT molecular complexity index is 444. The fourth-order valence-corrected chi connectivity index (χ4v) is 2.10. The number of rotatable bonds is 2. The molecule has 92 valence electrons. The first-order valence-corrected chi connectivity index (χ1v) is 6.21. The molecule has 1 aliphatic rings. The normalized spacial score (nSPS) is 19.4. The van der Waals surface area contributed by atoms with Crippen molar-refractivity contribution in [3.05, 3.63) is 28.0 Å². The van der Waals surface area contributed by atoms with Gasteiger partial charge in [0, 0.05) is 12.3 Å². The Kier molecular flexibility index (Phi) is 3.79. The van der Waals surface area contributed by atoms with Crippen LogP contribution in [0, 0.1) is 18.7 Å². The highest BCUT2D eigenvalue weighted by Crippen LogP contribution is 2.25. The van der Waals surface area contributed by atoms with Crippen molar-refractivity contribution >= 4 is 27.5 Å². The van der Waals surface area contributed by atoms with Gasteiger partial charge in [0.1, 0.15) is 5.82 Å². The van der Waals surface area contributed by atoms with Crippen LogP contribution >= 0.6 is 15.9 Å². The van der Waals surface area contributed by atoms with E-state index in [0.29, 0.717) is 28.9 Å². The molecule has 0 radical (unpaired) electrons. The maximum atomic E-state index is 13.2. The summed E-state index contributed by atoms with van der Waals surface area (Å²) in [6.07, 6.45) is 0.743. The largest absolute Gasteiger partial charge is 0.381 e. The monoisotopic (exact) mass is 301 g/mol. The number of hydrogen-bond donors (Lipinski definition) is 1. The quantitative estimate of drug-likeness (QED) is 0.912. The van der Waals surface area contributed by atoms with Gasteiger partial charge >= 0.3 is 0 Å². The van der Waals surface area contributed by atoms with Crippen LogP contribution in [0.4, 0.5) is 10.1 Å². The maximum absolute atomic E-state index is 13.2. The zero-order chi connectivity index (χ0) is 12.4. The lowest BCUT2D eigenvalue weighted by Gasteiger charge is -2.12. The molecule has 17 heavy (non-hydrogen) atoms. The van der Waals surface area contributed by atoms with Crippen LogP contribution in [0.2, 0.25) is 0 Å². The fourth-order valence-electron chi connectivity index (χ4n) is 1.76. The Hall–Kier alpha value is -0.940. The van der Waals surface area contributed by atoms with E-state index in [1.165, 1.54) is 6.07 Å². The predicted molar refractivity (Wildman–Crippen MR) is 66.4 cm³/mol. The Balaban J connectivity index is 2.12. The van der Waals surface area contributed by atoms with Crippen LogP contribution in [0.3, 0.4) is 0 Å². The van der Waals surface area contributed by atoms with E-state index in [1.54, 1.807) is 13.0 Å². The summed E-state index contributed by atoms with van der Waals surface area (Å²) in [6.45, 7) is 2.85. The van der Waals surface area contributed by atoms with Gasteiger partial charge < -0.3 is 10.1 Å². The van der Waals surface area contributed by atoms with Crippen molar-refractivity contribution in [2.45, 2.75) is 13.3 Å². The zero-order valence-electron chi connectivity index (χ0n) is 9.43. The van der Waals surface area contributed by atoms with Gasteiger partial charge in [-0.25, -0.2) is 4.39 Å². The van der Waals surface area contributed by atoms with Gasteiger partial charge in [-0.2, -0.15) is 0 Å². The van der Waals surface area contributed by atoms with Crippen LogP contribution in [-0.4, -0.2) is 19.1 Å². The van der Waals surface area contributed by atoms with Crippen molar-refractivity contribution in [3.63, 3.8) is 0 Å². The Morgan fingerprint density at radius 3 is 3.00 bits per heavy atom. The van der Waals surface area contributed by atoms with E-state index >= 15 is 0 Å². The minimum absolute atomic E-state index is 0.0656. The smallest absolute Gasteiger partial charge is 0.229 e. The number of hydrogen-bond acceptors (Lipinski definition) is 2. The van der Waals surface area contributed by atoms with Crippen molar-refractivity contribution in [2.75, 3.05) is 18.5 Å². The topological polar surface area (TPSA) is 38.3 Å². The molecule has 1 aliphatic heterocycles. The molecule has 1 heterocycles. The van der Waals surface area contributed by atoms with Crippen LogP contribution in [-0.2, 0) is 9.53 Å². The molecule has 1 N–H and O–H groups in total. The average Bonchev–Trinajstić information content (AvgIpc) is 2.79. The average molecular weight is 302 g/mol. The number of amides is 1. The minimum Gasteiger partial charge on any atom is -0.381 e. The highest BCUT2D eigenvalue weighted by molar-refractivity contribution is 9.10. The summed E-state index contributed by atoms with van der Waals surface area (Å²) in [4.78, 5) is 11.9. The van der Waals surface area contributed by atoms with Crippen LogP contribution in [0.25, 0.3) is 0 Å². The summed E-state index contributed by atoms with van der Waals surface area (Å²) in [5, 5.41) is 2.80. The molecule has 1 fully saturated rings. The SMILES string of the molecule is Cc1cc(F)c(Br)cc1NC(=O)[C@H]1CCOC1. The number of carbonyl (C=O) groups excluding carboxylic acids is 1. The van der Waals surface area contributed by atoms with Crippen molar-refractivity contribution in [2.24, 2.45) is 5.92 Å². The molecule has 3 nitrogen and oxygen atoms in total. The molecule has 0 saturated carbocycles. The van der Waals surface area contributed by atoms with Crippen LogP contribution in [0.15, 0.2) is 16.6 Å². The number of anilines is 1. The van der Waals surface area contributed by atoms with Crippen molar-refractivity contribution in [1.82, 2.24) is 0 Å². The molecule has 1 aromatic carbocycles. The molecule has 1 amide bonds. The van der Waals surface area contributed by atoms with E-state index in [0.717, 1.165) is 6.42 Å². The number of aryl methyl sites for hydroxylation is 1. The van der Waals surface area contributed by atoms with Gasteiger partial charge in [-0.05, 0) is 47.0 Å². The van der Waals surface area contributed by atoms with E-state index in [1.807, 2.05) is 0 Å². The number of carbonyl (C=O) groups is 1. The van der Waals surface area contributed by atoms with E-state index in [4.69, 9.17) is 4.74 Å². The standard InChI is InChI=1S/C12H13BrFNO2/c1-7-4-10(14)9(13)5-11(7)15-12(16)8-2-3-17-6-8/h4-5,8H,2-3,6H2,1H3,(H,15,16)/t8-/m0/s1. The van der Waals surface area contributed by atoms with Crippen molar-refractivity contribution in [1.29, 1.82) is 0 Å². The second-order valence-corrected chi connectivity index (χ2v) is 4.99. The summed E-state index contributed by atoms with van der Waals surface area (Å²) in [7, 11) is 0. The van der Waals surface area contributed by atoms with E-state index < -0.39 is 0 Å². The van der Waals surface area contributed by atoms with Crippen LogP contribution in [0.5, 0.6) is 0 Å². The van der Waals surface area contributed by atoms with Gasteiger partial charge in [-0.3, -0.25) is 4.79 Å². The van der Waals surface area contributed by atoms with Gasteiger partial charge in [-0.15, -0.1) is 0 Å². The Labute approximate surface area is 107 Å². The summed E-state index contributed by atoms with van der Waals surface area (Å²) in [5.74, 6) is -0.493. The summed E-state index contributed by atoms with van der Waals surface area (Å²) in [6, 6.07) is 2.98. The maximum Gasteiger partial charge on any atom is 0.229 e. The molecular weight excluding hydrogens is 289 g/mol. The molecule has 0 spiro atoms. The molecule has 0 bridgehead atoms. The fraction of sp³-hybridized carbons (Fsp3) is 0.417. The molecule has 1 atom stereocenters. The second kappa shape index (κ2) is 5.14. The third kappa shape index (κ3) is 2.84.